The molecule has 0 aliphatic carbocycles. The van der Waals surface area contributed by atoms with Crippen molar-refractivity contribution in [3.05, 3.63) is 83.2 Å². The predicted octanol–water partition coefficient (Wildman–Crippen LogP) is 5.64. The van der Waals surface area contributed by atoms with E-state index in [1.165, 1.54) is 0 Å². The second kappa shape index (κ2) is 9.53. The SMILES string of the molecule is COc1ccc(NC(=O)c2cc(-c3cc(C)oc3C)nc3onc(C)c23)cc1OCc1cccnc1. The summed E-state index contributed by atoms with van der Waals surface area (Å²) < 4.78 is 22.4. The van der Waals surface area contributed by atoms with Crippen molar-refractivity contribution in [3.8, 4) is 22.8 Å². The highest BCUT2D eigenvalue weighted by atomic mass is 16.5. The number of amides is 1. The van der Waals surface area contributed by atoms with Gasteiger partial charge in [-0.25, -0.2) is 4.98 Å². The Balaban J connectivity index is 1.47. The lowest BCUT2D eigenvalue weighted by atomic mass is 10.1. The number of carbonyl (C=O) groups excluding carboxylic acids is 1. The molecule has 4 heterocycles. The second-order valence-corrected chi connectivity index (χ2v) is 8.30. The van der Waals surface area contributed by atoms with Gasteiger partial charge in [0.15, 0.2) is 11.5 Å². The minimum atomic E-state index is -0.337. The van der Waals surface area contributed by atoms with Crippen LogP contribution in [-0.2, 0) is 6.61 Å². The van der Waals surface area contributed by atoms with Crippen LogP contribution < -0.4 is 14.8 Å². The topological polar surface area (TPSA) is 113 Å². The fourth-order valence-corrected chi connectivity index (χ4v) is 4.01. The number of rotatable bonds is 7. The van der Waals surface area contributed by atoms with E-state index in [0.717, 1.165) is 16.9 Å². The normalized spacial score (nSPS) is 11.0. The number of nitrogens with zero attached hydrogens (tertiary/aromatic N) is 3. The van der Waals surface area contributed by atoms with E-state index < -0.39 is 0 Å². The Morgan fingerprint density at radius 2 is 1.94 bits per heavy atom. The lowest BCUT2D eigenvalue weighted by Crippen LogP contribution is -2.13. The van der Waals surface area contributed by atoms with E-state index in [1.807, 2.05) is 32.0 Å². The van der Waals surface area contributed by atoms with E-state index in [1.54, 1.807) is 50.7 Å². The number of methoxy groups -OCH3 is 1. The van der Waals surface area contributed by atoms with E-state index in [0.29, 0.717) is 51.9 Å². The summed E-state index contributed by atoms with van der Waals surface area (Å²) in [6, 6.07) is 12.6. The summed E-state index contributed by atoms with van der Waals surface area (Å²) in [7, 11) is 1.56. The quantitative estimate of drug-likeness (QED) is 0.316. The van der Waals surface area contributed by atoms with Gasteiger partial charge in [-0.2, -0.15) is 0 Å². The first kappa shape index (κ1) is 23.1. The fraction of sp³-hybridized carbons (Fsp3) is 0.185. The second-order valence-electron chi connectivity index (χ2n) is 8.30. The summed E-state index contributed by atoms with van der Waals surface area (Å²) in [4.78, 5) is 22.2. The van der Waals surface area contributed by atoms with Gasteiger partial charge >= 0.3 is 0 Å². The maximum atomic E-state index is 13.5. The van der Waals surface area contributed by atoms with Gasteiger partial charge < -0.3 is 23.7 Å². The van der Waals surface area contributed by atoms with Gasteiger partial charge in [0, 0.05) is 35.3 Å². The van der Waals surface area contributed by atoms with Crippen LogP contribution >= 0.6 is 0 Å². The Bertz CT molecular complexity index is 1560. The van der Waals surface area contributed by atoms with Crippen LogP contribution in [0.15, 0.2) is 63.8 Å². The van der Waals surface area contributed by atoms with Crippen LogP contribution in [0.25, 0.3) is 22.4 Å². The number of pyridine rings is 2. The van der Waals surface area contributed by atoms with E-state index in [9.17, 15) is 4.79 Å². The molecule has 5 rings (SSSR count). The molecule has 0 radical (unpaired) electrons. The van der Waals surface area contributed by atoms with E-state index >= 15 is 0 Å². The monoisotopic (exact) mass is 484 g/mol. The molecule has 36 heavy (non-hydrogen) atoms. The van der Waals surface area contributed by atoms with Crippen molar-refractivity contribution in [2.75, 3.05) is 12.4 Å². The predicted molar refractivity (Wildman–Crippen MR) is 133 cm³/mol. The van der Waals surface area contributed by atoms with Crippen LogP contribution in [0.4, 0.5) is 5.69 Å². The first-order chi connectivity index (χ1) is 17.4. The highest BCUT2D eigenvalue weighted by molar-refractivity contribution is 6.13. The third kappa shape index (κ3) is 4.50. The Hall–Kier alpha value is -4.66. The van der Waals surface area contributed by atoms with Gasteiger partial charge in [0.05, 0.1) is 29.4 Å². The fourth-order valence-electron chi connectivity index (χ4n) is 4.01. The number of furan rings is 1. The van der Waals surface area contributed by atoms with Gasteiger partial charge in [-0.15, -0.1) is 0 Å². The molecule has 0 fully saturated rings. The van der Waals surface area contributed by atoms with Crippen molar-refractivity contribution < 1.29 is 23.2 Å². The third-order valence-electron chi connectivity index (χ3n) is 5.72. The zero-order chi connectivity index (χ0) is 25.2. The minimum Gasteiger partial charge on any atom is -0.493 e. The number of fused-ring (bicyclic) bond motifs is 1. The van der Waals surface area contributed by atoms with E-state index in [2.05, 4.69) is 20.4 Å². The van der Waals surface area contributed by atoms with Crippen molar-refractivity contribution in [3.63, 3.8) is 0 Å². The average Bonchev–Trinajstić information content (AvgIpc) is 3.43. The highest BCUT2D eigenvalue weighted by Gasteiger charge is 2.21. The Morgan fingerprint density at radius 3 is 2.67 bits per heavy atom. The molecule has 0 aliphatic rings. The summed E-state index contributed by atoms with van der Waals surface area (Å²) in [6.45, 7) is 5.79. The number of hydrogen-bond acceptors (Lipinski definition) is 8. The van der Waals surface area contributed by atoms with Crippen molar-refractivity contribution in [2.24, 2.45) is 0 Å². The van der Waals surface area contributed by atoms with Crippen molar-refractivity contribution in [1.82, 2.24) is 15.1 Å². The van der Waals surface area contributed by atoms with Crippen molar-refractivity contribution in [1.29, 1.82) is 0 Å². The molecule has 0 unspecified atom stereocenters. The summed E-state index contributed by atoms with van der Waals surface area (Å²) in [5.74, 6) is 2.15. The number of nitrogens with one attached hydrogen (secondary N) is 1. The molecular weight excluding hydrogens is 460 g/mol. The molecule has 4 aromatic heterocycles. The molecule has 0 saturated heterocycles. The molecule has 0 spiro atoms. The molecular formula is C27H24N4O5. The zero-order valence-corrected chi connectivity index (χ0v) is 20.3. The van der Waals surface area contributed by atoms with Crippen LogP contribution in [0.1, 0.15) is 33.1 Å². The van der Waals surface area contributed by atoms with Crippen molar-refractivity contribution >= 4 is 22.7 Å². The smallest absolute Gasteiger partial charge is 0.259 e. The molecule has 1 aromatic carbocycles. The number of aromatic nitrogens is 3. The van der Waals surface area contributed by atoms with E-state index in [4.69, 9.17) is 18.4 Å². The van der Waals surface area contributed by atoms with Gasteiger partial charge in [0.2, 0.25) is 0 Å². The molecule has 9 nitrogen and oxygen atoms in total. The maximum absolute atomic E-state index is 13.5. The molecule has 1 amide bonds. The molecule has 5 aromatic rings. The summed E-state index contributed by atoms with van der Waals surface area (Å²) in [6.07, 6.45) is 3.43. The molecule has 1 N–H and O–H groups in total. The Labute approximate surface area is 207 Å². The van der Waals surface area contributed by atoms with Crippen LogP contribution in [-0.4, -0.2) is 28.1 Å². The first-order valence-electron chi connectivity index (χ1n) is 11.3. The molecule has 0 bridgehead atoms. The van der Waals surface area contributed by atoms with Gasteiger partial charge in [-0.3, -0.25) is 9.78 Å². The molecule has 9 heteroatoms. The van der Waals surface area contributed by atoms with Crippen LogP contribution in [0.3, 0.4) is 0 Å². The van der Waals surface area contributed by atoms with Crippen LogP contribution in [0.2, 0.25) is 0 Å². The standard InChI is InChI=1S/C27H24N4O5/c1-15-10-20(17(3)35-15)22-12-21(25-16(2)31-36-27(25)30-22)26(32)29-19-7-8-23(33-4)24(11-19)34-14-18-6-5-9-28-13-18/h5-13H,14H2,1-4H3,(H,29,32). The number of hydrogen-bond donors (Lipinski definition) is 1. The molecule has 0 saturated carbocycles. The maximum Gasteiger partial charge on any atom is 0.259 e. The first-order valence-corrected chi connectivity index (χ1v) is 11.3. The molecule has 0 atom stereocenters. The van der Waals surface area contributed by atoms with Gasteiger partial charge in [0.1, 0.15) is 18.1 Å². The highest BCUT2D eigenvalue weighted by Crippen LogP contribution is 2.33. The molecule has 0 aliphatic heterocycles. The Morgan fingerprint density at radius 1 is 1.08 bits per heavy atom. The number of benzene rings is 1. The lowest BCUT2D eigenvalue weighted by Gasteiger charge is -2.13. The molecule has 182 valence electrons. The number of anilines is 1. The third-order valence-corrected chi connectivity index (χ3v) is 5.72. The summed E-state index contributed by atoms with van der Waals surface area (Å²) >= 11 is 0. The number of ether oxygens (including phenoxy) is 2. The van der Waals surface area contributed by atoms with Gasteiger partial charge in [-0.05, 0) is 51.1 Å². The number of aryl methyl sites for hydroxylation is 3. The van der Waals surface area contributed by atoms with Gasteiger partial charge in [0.25, 0.3) is 11.6 Å². The number of carbonyl (C=O) groups is 1. The minimum absolute atomic E-state index is 0.281. The Kier molecular flexibility index (Phi) is 6.12. The summed E-state index contributed by atoms with van der Waals surface area (Å²) in [5.41, 5.74) is 4.04. The van der Waals surface area contributed by atoms with E-state index in [-0.39, 0.29) is 11.6 Å². The average molecular weight is 485 g/mol. The lowest BCUT2D eigenvalue weighted by molar-refractivity contribution is 0.102. The van der Waals surface area contributed by atoms with Crippen LogP contribution in [0.5, 0.6) is 11.5 Å². The largest absolute Gasteiger partial charge is 0.493 e. The van der Waals surface area contributed by atoms with Crippen LogP contribution in [0, 0.1) is 20.8 Å². The van der Waals surface area contributed by atoms with Crippen molar-refractivity contribution in [2.45, 2.75) is 27.4 Å². The summed E-state index contributed by atoms with van der Waals surface area (Å²) in [5, 5.41) is 7.52. The van der Waals surface area contributed by atoms with Gasteiger partial charge in [-0.1, -0.05) is 11.2 Å². The zero-order valence-electron chi connectivity index (χ0n) is 20.3.